The normalized spacial score (nSPS) is 13.7. The topological polar surface area (TPSA) is 34.1 Å². The molecule has 2 atom stereocenters. The van der Waals surface area contributed by atoms with Crippen LogP contribution in [0.4, 0.5) is 0 Å². The summed E-state index contributed by atoms with van der Waals surface area (Å²) < 4.78 is 5.61. The summed E-state index contributed by atoms with van der Waals surface area (Å²) >= 11 is 0. The van der Waals surface area contributed by atoms with Crippen LogP contribution in [0, 0.1) is 0 Å². The van der Waals surface area contributed by atoms with Gasteiger partial charge in [0, 0.05) is 24.5 Å². The fraction of sp³-hybridized carbons (Fsp3) is 0.389. The fourth-order valence-corrected chi connectivity index (χ4v) is 2.29. The molecule has 0 aliphatic carbocycles. The van der Waals surface area contributed by atoms with Gasteiger partial charge in [-0.2, -0.15) is 0 Å². The smallest absolute Gasteiger partial charge is 0.119 e. The second kappa shape index (κ2) is 7.79. The number of nitrogens with zero attached hydrogens (tertiary/aromatic N) is 1. The molecule has 112 valence electrons. The van der Waals surface area contributed by atoms with E-state index in [0.29, 0.717) is 6.04 Å². The van der Waals surface area contributed by atoms with Crippen molar-refractivity contribution in [2.24, 2.45) is 0 Å². The first-order valence-corrected chi connectivity index (χ1v) is 7.59. The maximum absolute atomic E-state index is 5.61. The second-order valence-electron chi connectivity index (χ2n) is 5.31. The first-order chi connectivity index (χ1) is 10.2. The summed E-state index contributed by atoms with van der Waals surface area (Å²) in [4.78, 5) is 4.06. The molecule has 1 aromatic carbocycles. The summed E-state index contributed by atoms with van der Waals surface area (Å²) in [5.41, 5.74) is 2.51. The van der Waals surface area contributed by atoms with Crippen molar-refractivity contribution >= 4 is 0 Å². The highest BCUT2D eigenvalue weighted by Crippen LogP contribution is 2.21. The average Bonchev–Trinajstić information content (AvgIpc) is 2.54. The molecular formula is C18H24N2O. The van der Waals surface area contributed by atoms with E-state index in [0.717, 1.165) is 18.8 Å². The van der Waals surface area contributed by atoms with Crippen LogP contribution in [-0.4, -0.2) is 11.6 Å². The maximum atomic E-state index is 5.61. The number of nitrogens with one attached hydrogen (secondary N) is 1. The van der Waals surface area contributed by atoms with Gasteiger partial charge in [0.05, 0.1) is 6.61 Å². The van der Waals surface area contributed by atoms with E-state index in [1.165, 1.54) is 11.1 Å². The lowest BCUT2D eigenvalue weighted by Gasteiger charge is -2.21. The van der Waals surface area contributed by atoms with E-state index >= 15 is 0 Å². The lowest BCUT2D eigenvalue weighted by molar-refractivity contribution is 0.317. The minimum absolute atomic E-state index is 0.286. The van der Waals surface area contributed by atoms with Crippen LogP contribution >= 0.6 is 0 Å². The molecule has 3 nitrogen and oxygen atoms in total. The lowest BCUT2D eigenvalue weighted by atomic mass is 10.0. The first kappa shape index (κ1) is 15.5. The van der Waals surface area contributed by atoms with E-state index in [-0.39, 0.29) is 6.04 Å². The molecule has 2 aromatic rings. The van der Waals surface area contributed by atoms with Crippen LogP contribution < -0.4 is 10.1 Å². The van der Waals surface area contributed by atoms with Crippen LogP contribution in [0.15, 0.2) is 48.8 Å². The van der Waals surface area contributed by atoms with Crippen molar-refractivity contribution in [3.05, 3.63) is 59.9 Å². The minimum atomic E-state index is 0.286. The third-order valence-electron chi connectivity index (χ3n) is 3.56. The monoisotopic (exact) mass is 284 g/mol. The molecule has 3 heteroatoms. The highest BCUT2D eigenvalue weighted by Gasteiger charge is 2.11. The zero-order chi connectivity index (χ0) is 15.1. The molecule has 1 heterocycles. The third kappa shape index (κ3) is 4.57. The number of rotatable bonds is 7. The van der Waals surface area contributed by atoms with E-state index in [1.54, 1.807) is 0 Å². The van der Waals surface area contributed by atoms with Gasteiger partial charge < -0.3 is 10.1 Å². The van der Waals surface area contributed by atoms with Crippen LogP contribution in [0.25, 0.3) is 0 Å². The Kier molecular flexibility index (Phi) is 5.76. The fourth-order valence-electron chi connectivity index (χ4n) is 2.29. The molecule has 0 aliphatic heterocycles. The number of aromatic nitrogens is 1. The summed E-state index contributed by atoms with van der Waals surface area (Å²) in [7, 11) is 0. The quantitative estimate of drug-likeness (QED) is 0.824. The highest BCUT2D eigenvalue weighted by atomic mass is 16.5. The number of hydrogen-bond donors (Lipinski definition) is 1. The van der Waals surface area contributed by atoms with Gasteiger partial charge >= 0.3 is 0 Å². The largest absolute Gasteiger partial charge is 0.494 e. The summed E-state index contributed by atoms with van der Waals surface area (Å²) in [6, 6.07) is 13.0. The van der Waals surface area contributed by atoms with Crippen molar-refractivity contribution in [2.45, 2.75) is 39.3 Å². The van der Waals surface area contributed by atoms with E-state index in [4.69, 9.17) is 4.74 Å². The number of benzene rings is 1. The van der Waals surface area contributed by atoms with E-state index in [9.17, 15) is 0 Å². The summed E-state index contributed by atoms with van der Waals surface area (Å²) in [5, 5.41) is 3.61. The summed E-state index contributed by atoms with van der Waals surface area (Å²) in [6.45, 7) is 7.23. The van der Waals surface area contributed by atoms with Crippen LogP contribution in [0.3, 0.4) is 0 Å². The minimum Gasteiger partial charge on any atom is -0.494 e. The van der Waals surface area contributed by atoms with Crippen molar-refractivity contribution in [3.63, 3.8) is 0 Å². The van der Waals surface area contributed by atoms with E-state index in [2.05, 4.69) is 43.2 Å². The van der Waals surface area contributed by atoms with Gasteiger partial charge in [0.1, 0.15) is 5.75 Å². The molecule has 0 fully saturated rings. The van der Waals surface area contributed by atoms with Crippen molar-refractivity contribution in [2.75, 3.05) is 6.61 Å². The zero-order valence-corrected chi connectivity index (χ0v) is 13.0. The van der Waals surface area contributed by atoms with Crippen molar-refractivity contribution in [1.82, 2.24) is 10.3 Å². The van der Waals surface area contributed by atoms with Gasteiger partial charge in [0.25, 0.3) is 0 Å². The molecule has 2 rings (SSSR count). The van der Waals surface area contributed by atoms with Crippen molar-refractivity contribution in [3.8, 4) is 5.75 Å². The molecule has 0 bridgehead atoms. The van der Waals surface area contributed by atoms with Crippen molar-refractivity contribution in [1.29, 1.82) is 0 Å². The first-order valence-electron chi connectivity index (χ1n) is 7.59. The molecule has 0 amide bonds. The number of pyridine rings is 1. The van der Waals surface area contributed by atoms with E-state index < -0.39 is 0 Å². The average molecular weight is 284 g/mol. The van der Waals surface area contributed by atoms with Crippen LogP contribution in [-0.2, 0) is 0 Å². The van der Waals surface area contributed by atoms with Crippen LogP contribution in [0.1, 0.15) is 50.4 Å². The molecule has 0 radical (unpaired) electrons. The standard InChI is InChI=1S/C18H24N2O/c1-4-13-21-18-7-5-16(6-8-18)14(2)20-15(3)17-9-11-19-12-10-17/h5-12,14-15,20H,4,13H2,1-3H3/t14?,15-/m1/s1. The molecular weight excluding hydrogens is 260 g/mol. The Balaban J connectivity index is 1.95. The van der Waals surface area contributed by atoms with Gasteiger partial charge in [-0.25, -0.2) is 0 Å². The molecule has 0 spiro atoms. The molecule has 1 N–H and O–H groups in total. The van der Waals surface area contributed by atoms with Crippen LogP contribution in [0.2, 0.25) is 0 Å². The van der Waals surface area contributed by atoms with Crippen LogP contribution in [0.5, 0.6) is 5.75 Å². The zero-order valence-electron chi connectivity index (χ0n) is 13.0. The number of ether oxygens (including phenoxy) is 1. The van der Waals surface area contributed by atoms with Gasteiger partial charge in [-0.05, 0) is 55.7 Å². The summed E-state index contributed by atoms with van der Waals surface area (Å²) in [5.74, 6) is 0.940. The molecule has 1 unspecified atom stereocenters. The van der Waals surface area contributed by atoms with E-state index in [1.807, 2.05) is 36.7 Å². The molecule has 0 saturated heterocycles. The highest BCUT2D eigenvalue weighted by molar-refractivity contribution is 5.29. The Labute approximate surface area is 127 Å². The molecule has 0 aliphatic rings. The lowest BCUT2D eigenvalue weighted by Crippen LogP contribution is -2.22. The van der Waals surface area contributed by atoms with Gasteiger partial charge in [0.15, 0.2) is 0 Å². The Morgan fingerprint density at radius 3 is 2.10 bits per heavy atom. The Bertz CT molecular complexity index is 525. The Morgan fingerprint density at radius 1 is 0.952 bits per heavy atom. The third-order valence-corrected chi connectivity index (χ3v) is 3.56. The van der Waals surface area contributed by atoms with Crippen molar-refractivity contribution < 1.29 is 4.74 Å². The Hall–Kier alpha value is -1.87. The number of hydrogen-bond acceptors (Lipinski definition) is 3. The van der Waals surface area contributed by atoms with Gasteiger partial charge in [-0.1, -0.05) is 19.1 Å². The Morgan fingerprint density at radius 2 is 1.52 bits per heavy atom. The molecule has 1 aromatic heterocycles. The predicted octanol–water partition coefficient (Wildman–Crippen LogP) is 4.28. The second-order valence-corrected chi connectivity index (χ2v) is 5.31. The van der Waals surface area contributed by atoms with Gasteiger partial charge in [0.2, 0.25) is 0 Å². The summed E-state index contributed by atoms with van der Waals surface area (Å²) in [6.07, 6.45) is 4.69. The molecule has 0 saturated carbocycles. The SMILES string of the molecule is CCCOc1ccc(C(C)N[C@H](C)c2ccncc2)cc1. The maximum Gasteiger partial charge on any atom is 0.119 e. The van der Waals surface area contributed by atoms with Gasteiger partial charge in [-0.3, -0.25) is 4.98 Å². The predicted molar refractivity (Wildman–Crippen MR) is 86.4 cm³/mol. The molecule has 21 heavy (non-hydrogen) atoms. The van der Waals surface area contributed by atoms with Gasteiger partial charge in [-0.15, -0.1) is 0 Å².